The minimum Gasteiger partial charge on any atom is -0.399 e. The number of hydrogen-bond acceptors (Lipinski definition) is 1. The van der Waals surface area contributed by atoms with Gasteiger partial charge in [0.2, 0.25) is 0 Å². The molecule has 0 aromatic carbocycles. The molecule has 0 bridgehead atoms. The quantitative estimate of drug-likeness (QED) is 0.644. The molecular formula is C8H10F3N. The van der Waals surface area contributed by atoms with Gasteiger partial charge in [0.15, 0.2) is 0 Å². The average molecular weight is 177 g/mol. The molecule has 0 aromatic heterocycles. The van der Waals surface area contributed by atoms with Gasteiger partial charge in [0.25, 0.3) is 0 Å². The molecular weight excluding hydrogens is 167 g/mol. The maximum Gasteiger partial charge on any atom is 0.415 e. The van der Waals surface area contributed by atoms with E-state index in [1.807, 2.05) is 0 Å². The summed E-state index contributed by atoms with van der Waals surface area (Å²) < 4.78 is 35.5. The van der Waals surface area contributed by atoms with E-state index in [4.69, 9.17) is 5.73 Å². The van der Waals surface area contributed by atoms with Crippen molar-refractivity contribution in [2.45, 2.75) is 13.1 Å². The summed E-state index contributed by atoms with van der Waals surface area (Å²) in [5.74, 6) is 0. The average Bonchev–Trinajstić information content (AvgIpc) is 1.85. The molecule has 0 aliphatic heterocycles. The fourth-order valence-electron chi connectivity index (χ4n) is 0.524. The Morgan fingerprint density at radius 3 is 2.25 bits per heavy atom. The molecule has 2 N–H and O–H groups in total. The second-order valence-electron chi connectivity index (χ2n) is 2.17. The number of alkyl halides is 3. The zero-order valence-corrected chi connectivity index (χ0v) is 6.65. The number of nitrogens with two attached hydrogens (primary N) is 1. The second kappa shape index (κ2) is 3.99. The normalized spacial score (nSPS) is 13.8. The van der Waals surface area contributed by atoms with Gasteiger partial charge in [-0.3, -0.25) is 0 Å². The molecule has 0 unspecified atom stereocenters. The van der Waals surface area contributed by atoms with Crippen molar-refractivity contribution in [3.8, 4) is 0 Å². The lowest BCUT2D eigenvalue weighted by Gasteiger charge is -2.05. The first kappa shape index (κ1) is 10.8. The van der Waals surface area contributed by atoms with E-state index >= 15 is 0 Å². The largest absolute Gasteiger partial charge is 0.415 e. The van der Waals surface area contributed by atoms with E-state index < -0.39 is 11.7 Å². The molecule has 0 rings (SSSR count). The second-order valence-corrected chi connectivity index (χ2v) is 2.17. The van der Waals surface area contributed by atoms with Crippen molar-refractivity contribution in [3.63, 3.8) is 0 Å². The minimum atomic E-state index is -4.40. The molecule has 4 heteroatoms. The summed E-state index contributed by atoms with van der Waals surface area (Å²) in [6.45, 7) is 4.50. The van der Waals surface area contributed by atoms with Crippen molar-refractivity contribution in [2.24, 2.45) is 5.73 Å². The fraction of sp³-hybridized carbons (Fsp3) is 0.250. The van der Waals surface area contributed by atoms with E-state index in [0.29, 0.717) is 0 Å². The zero-order chi connectivity index (χ0) is 9.78. The van der Waals surface area contributed by atoms with Gasteiger partial charge in [-0.1, -0.05) is 12.7 Å². The van der Waals surface area contributed by atoms with Gasteiger partial charge in [0.05, 0.1) is 5.57 Å². The van der Waals surface area contributed by atoms with Gasteiger partial charge in [0, 0.05) is 5.70 Å². The number of allylic oxidation sites excluding steroid dienone is 4. The molecule has 0 saturated carbocycles. The first-order valence-electron chi connectivity index (χ1n) is 3.24. The summed E-state index contributed by atoms with van der Waals surface area (Å²) in [6, 6.07) is 0. The Morgan fingerprint density at radius 2 is 1.92 bits per heavy atom. The third-order valence-corrected chi connectivity index (χ3v) is 1.06. The SMILES string of the molecule is C=C(/C=C(N)\C=C/C)C(F)(F)F. The van der Waals surface area contributed by atoms with Crippen LogP contribution in [0.4, 0.5) is 13.2 Å². The maximum absolute atomic E-state index is 11.8. The maximum atomic E-state index is 11.8. The first-order valence-corrected chi connectivity index (χ1v) is 3.24. The first-order chi connectivity index (χ1) is 5.38. The van der Waals surface area contributed by atoms with Crippen LogP contribution >= 0.6 is 0 Å². The van der Waals surface area contributed by atoms with E-state index in [-0.39, 0.29) is 5.70 Å². The van der Waals surface area contributed by atoms with Gasteiger partial charge in [-0.15, -0.1) is 0 Å². The number of hydrogen-bond donors (Lipinski definition) is 1. The van der Waals surface area contributed by atoms with Crippen LogP contribution in [0.3, 0.4) is 0 Å². The molecule has 0 spiro atoms. The molecule has 1 nitrogen and oxygen atoms in total. The molecule has 0 amide bonds. The van der Waals surface area contributed by atoms with Gasteiger partial charge in [-0.2, -0.15) is 13.2 Å². The summed E-state index contributed by atoms with van der Waals surface area (Å²) in [6.07, 6.45) is -0.682. The molecule has 0 aliphatic carbocycles. The molecule has 68 valence electrons. The molecule has 0 radical (unpaired) electrons. The smallest absolute Gasteiger partial charge is 0.399 e. The van der Waals surface area contributed by atoms with E-state index in [2.05, 4.69) is 6.58 Å². The predicted molar refractivity (Wildman–Crippen MR) is 42.3 cm³/mol. The van der Waals surface area contributed by atoms with Crippen molar-refractivity contribution < 1.29 is 13.2 Å². The van der Waals surface area contributed by atoms with Crippen LogP contribution < -0.4 is 5.73 Å². The highest BCUT2D eigenvalue weighted by molar-refractivity contribution is 5.28. The Morgan fingerprint density at radius 1 is 1.42 bits per heavy atom. The zero-order valence-electron chi connectivity index (χ0n) is 6.65. The van der Waals surface area contributed by atoms with Crippen molar-refractivity contribution in [2.75, 3.05) is 0 Å². The molecule has 0 fully saturated rings. The third-order valence-electron chi connectivity index (χ3n) is 1.06. The van der Waals surface area contributed by atoms with Crippen molar-refractivity contribution in [1.82, 2.24) is 0 Å². The number of rotatable bonds is 2. The lowest BCUT2D eigenvalue weighted by Crippen LogP contribution is -2.10. The van der Waals surface area contributed by atoms with Gasteiger partial charge >= 0.3 is 6.18 Å². The molecule has 0 aliphatic rings. The van der Waals surface area contributed by atoms with E-state index in [1.165, 1.54) is 6.08 Å². The van der Waals surface area contributed by atoms with Crippen LogP contribution in [-0.2, 0) is 0 Å². The van der Waals surface area contributed by atoms with E-state index in [9.17, 15) is 13.2 Å². The van der Waals surface area contributed by atoms with Gasteiger partial charge in [0.1, 0.15) is 0 Å². The Balaban J connectivity index is 4.45. The highest BCUT2D eigenvalue weighted by Crippen LogP contribution is 2.25. The van der Waals surface area contributed by atoms with E-state index in [1.54, 1.807) is 13.0 Å². The lowest BCUT2D eigenvalue weighted by molar-refractivity contribution is -0.0878. The van der Waals surface area contributed by atoms with Crippen LogP contribution in [0.1, 0.15) is 6.92 Å². The van der Waals surface area contributed by atoms with Crippen LogP contribution in [0.5, 0.6) is 0 Å². The van der Waals surface area contributed by atoms with Crippen molar-refractivity contribution in [1.29, 1.82) is 0 Å². The summed E-state index contributed by atoms with van der Waals surface area (Å²) in [4.78, 5) is 0. The lowest BCUT2D eigenvalue weighted by atomic mass is 10.2. The fourth-order valence-corrected chi connectivity index (χ4v) is 0.524. The Labute approximate surface area is 69.1 Å². The van der Waals surface area contributed by atoms with Crippen LogP contribution in [0, 0.1) is 0 Å². The Hall–Kier alpha value is -1.19. The van der Waals surface area contributed by atoms with Crippen LogP contribution in [0.15, 0.2) is 36.1 Å². The van der Waals surface area contributed by atoms with E-state index in [0.717, 1.165) is 6.08 Å². The molecule has 0 atom stereocenters. The van der Waals surface area contributed by atoms with Gasteiger partial charge in [-0.25, -0.2) is 0 Å². The van der Waals surface area contributed by atoms with Crippen molar-refractivity contribution in [3.05, 3.63) is 36.1 Å². The molecule has 0 aromatic rings. The van der Waals surface area contributed by atoms with Crippen LogP contribution in [0.25, 0.3) is 0 Å². The minimum absolute atomic E-state index is 0.0415. The summed E-state index contributed by atoms with van der Waals surface area (Å²) in [5.41, 5.74) is 4.29. The van der Waals surface area contributed by atoms with Crippen LogP contribution in [-0.4, -0.2) is 6.18 Å². The molecule has 0 saturated heterocycles. The standard InChI is InChI=1S/C8H10F3N/c1-3-4-7(12)5-6(2)8(9,10)11/h3-5H,2,12H2,1H3/b4-3-,7-5+. The highest BCUT2D eigenvalue weighted by Gasteiger charge is 2.30. The van der Waals surface area contributed by atoms with Gasteiger partial charge < -0.3 is 5.73 Å². The topological polar surface area (TPSA) is 26.0 Å². The summed E-state index contributed by atoms with van der Waals surface area (Å²) in [5, 5.41) is 0. The van der Waals surface area contributed by atoms with Crippen LogP contribution in [0.2, 0.25) is 0 Å². The van der Waals surface area contributed by atoms with Gasteiger partial charge in [-0.05, 0) is 19.1 Å². The predicted octanol–water partition coefficient (Wildman–Crippen LogP) is 2.52. The Bertz CT molecular complexity index is 223. The molecule has 12 heavy (non-hydrogen) atoms. The molecule has 0 heterocycles. The monoisotopic (exact) mass is 177 g/mol. The highest BCUT2D eigenvalue weighted by atomic mass is 19.4. The number of halogens is 3. The third kappa shape index (κ3) is 3.85. The van der Waals surface area contributed by atoms with Crippen molar-refractivity contribution >= 4 is 0 Å². The Kier molecular flexibility index (Phi) is 3.60. The summed E-state index contributed by atoms with van der Waals surface area (Å²) in [7, 11) is 0. The summed E-state index contributed by atoms with van der Waals surface area (Å²) >= 11 is 0.